The van der Waals surface area contributed by atoms with Gasteiger partial charge in [0.1, 0.15) is 30.9 Å². The molecule has 0 saturated carbocycles. The van der Waals surface area contributed by atoms with Crippen molar-refractivity contribution in [3.8, 4) is 11.5 Å². The minimum absolute atomic E-state index is 0. The Morgan fingerprint density at radius 3 is 1.69 bits per heavy atom. The summed E-state index contributed by atoms with van der Waals surface area (Å²) in [6.07, 6.45) is 11.2. The third-order valence-electron chi connectivity index (χ3n) is 5.44. The van der Waals surface area contributed by atoms with Gasteiger partial charge in [0.25, 0.3) is 0 Å². The Labute approximate surface area is 254 Å². The molecule has 0 saturated heterocycles. The van der Waals surface area contributed by atoms with Crippen LogP contribution < -0.4 is 63.9 Å². The third-order valence-corrected chi connectivity index (χ3v) is 7.25. The van der Waals surface area contributed by atoms with Gasteiger partial charge in [0.15, 0.2) is 5.75 Å². The van der Waals surface area contributed by atoms with E-state index in [4.69, 9.17) is 4.74 Å². The number of aryl methyl sites for hydroxylation is 1. The van der Waals surface area contributed by atoms with Crippen molar-refractivity contribution in [3.63, 3.8) is 0 Å². The van der Waals surface area contributed by atoms with Crippen LogP contribution in [0.4, 0.5) is 0 Å². The second-order valence-corrected chi connectivity index (χ2v) is 10.8. The average Bonchev–Trinajstić information content (AvgIpc) is 2.74. The zero-order valence-electron chi connectivity index (χ0n) is 21.0. The Morgan fingerprint density at radius 1 is 0.686 bits per heavy atom. The molecule has 184 valence electrons. The number of ether oxygens (including phenoxy) is 1. The smallest absolute Gasteiger partial charge is 0.744 e. The van der Waals surface area contributed by atoms with Crippen LogP contribution >= 0.6 is 0 Å². The molecule has 11 heteroatoms. The molecule has 2 aromatic rings. The molecule has 0 atom stereocenters. The van der Waals surface area contributed by atoms with Crippen molar-refractivity contribution in [1.82, 2.24) is 0 Å². The van der Waals surface area contributed by atoms with Crippen molar-refractivity contribution in [1.29, 1.82) is 0 Å². The molecule has 0 aliphatic rings. The predicted octanol–water partition coefficient (Wildman–Crippen LogP) is -0.241. The van der Waals surface area contributed by atoms with E-state index in [0.29, 0.717) is 6.42 Å². The quantitative estimate of drug-likeness (QED) is 0.173. The zero-order chi connectivity index (χ0) is 24.3. The molecule has 35 heavy (non-hydrogen) atoms. The maximum atomic E-state index is 12.1. The summed E-state index contributed by atoms with van der Waals surface area (Å²) in [6, 6.07) is 10.1. The minimum atomic E-state index is -5.11. The molecule has 2 aromatic carbocycles. The van der Waals surface area contributed by atoms with Crippen LogP contribution in [0.5, 0.6) is 11.5 Å². The minimum Gasteiger partial charge on any atom is -0.744 e. The molecule has 0 bridgehead atoms. The van der Waals surface area contributed by atoms with Gasteiger partial charge in [0, 0.05) is 0 Å². The molecule has 7 nitrogen and oxygen atoms in total. The number of hydrogen-bond acceptors (Lipinski definition) is 7. The molecule has 0 aliphatic carbocycles. The molecular formula is C24H32Na2O7S2. The standard InChI is InChI=1S/C24H34O7S2.2Na/c1-2-3-4-5-6-7-8-9-10-12-15-20-18-19-22(32(25,26)27)23(24(20)33(28,29)30)31-21-16-13-11-14-17-21;;/h11,13-14,16-19H,2-10,12,15H2,1H3,(H,25,26,27)(H,28,29,30);;/q;2*+1/p-2. The molecule has 0 fully saturated rings. The van der Waals surface area contributed by atoms with Crippen LogP contribution in [0.2, 0.25) is 0 Å². The first-order chi connectivity index (χ1) is 15.6. The van der Waals surface area contributed by atoms with Crippen LogP contribution in [0.15, 0.2) is 52.3 Å². The van der Waals surface area contributed by atoms with Crippen LogP contribution in [-0.4, -0.2) is 25.9 Å². The molecular weight excluding hydrogens is 510 g/mol. The van der Waals surface area contributed by atoms with Crippen LogP contribution in [0, 0.1) is 0 Å². The average molecular weight is 543 g/mol. The normalized spacial score (nSPS) is 11.4. The molecule has 0 amide bonds. The number of rotatable bonds is 15. The maximum absolute atomic E-state index is 12.1. The Hall–Kier alpha value is 0.0600. The van der Waals surface area contributed by atoms with Gasteiger partial charge >= 0.3 is 59.1 Å². The van der Waals surface area contributed by atoms with Crippen molar-refractivity contribution in [2.75, 3.05) is 0 Å². The van der Waals surface area contributed by atoms with E-state index in [-0.39, 0.29) is 76.8 Å². The van der Waals surface area contributed by atoms with Crippen LogP contribution in [0.1, 0.15) is 76.7 Å². The van der Waals surface area contributed by atoms with E-state index in [2.05, 4.69) is 6.92 Å². The van der Waals surface area contributed by atoms with Gasteiger partial charge in [0.05, 0.1) is 4.90 Å². The summed E-state index contributed by atoms with van der Waals surface area (Å²) in [7, 11) is -10.2. The van der Waals surface area contributed by atoms with E-state index in [9.17, 15) is 25.9 Å². The van der Waals surface area contributed by atoms with Crippen molar-refractivity contribution in [2.45, 2.75) is 87.3 Å². The van der Waals surface area contributed by atoms with Gasteiger partial charge in [-0.25, -0.2) is 16.8 Å². The maximum Gasteiger partial charge on any atom is 1.00 e. The Balaban J connectivity index is 0.00000578. The number of benzene rings is 2. The summed E-state index contributed by atoms with van der Waals surface area (Å²) < 4.78 is 77.0. The number of hydrogen-bond donors (Lipinski definition) is 0. The summed E-state index contributed by atoms with van der Waals surface area (Å²) in [5.74, 6) is -0.612. The number of unbranched alkanes of at least 4 members (excludes halogenated alkanes) is 9. The van der Waals surface area contributed by atoms with Gasteiger partial charge in [-0.2, -0.15) is 0 Å². The Morgan fingerprint density at radius 2 is 1.20 bits per heavy atom. The van der Waals surface area contributed by atoms with Crippen molar-refractivity contribution in [2.24, 2.45) is 0 Å². The number of para-hydroxylation sites is 1. The second-order valence-electron chi connectivity index (χ2n) is 8.14. The van der Waals surface area contributed by atoms with Crippen molar-refractivity contribution in [3.05, 3.63) is 48.0 Å². The molecule has 2 rings (SSSR count). The van der Waals surface area contributed by atoms with Crippen LogP contribution in [0.3, 0.4) is 0 Å². The molecule has 0 spiro atoms. The molecule has 0 unspecified atom stereocenters. The molecule has 0 heterocycles. The monoisotopic (exact) mass is 542 g/mol. The summed E-state index contributed by atoms with van der Waals surface area (Å²) in [6.45, 7) is 2.19. The first-order valence-electron chi connectivity index (χ1n) is 11.4. The Kier molecular flexibility index (Phi) is 17.6. The zero-order valence-corrected chi connectivity index (χ0v) is 26.6. The second kappa shape index (κ2) is 17.5. The van der Waals surface area contributed by atoms with Gasteiger partial charge in [0.2, 0.25) is 0 Å². The molecule has 0 radical (unpaired) electrons. The van der Waals surface area contributed by atoms with Crippen molar-refractivity contribution < 1.29 is 89.8 Å². The first-order valence-corrected chi connectivity index (χ1v) is 14.3. The fourth-order valence-electron chi connectivity index (χ4n) is 3.76. The fraction of sp³-hybridized carbons (Fsp3) is 0.500. The molecule has 0 N–H and O–H groups in total. The predicted molar refractivity (Wildman–Crippen MR) is 124 cm³/mol. The van der Waals surface area contributed by atoms with Crippen LogP contribution in [-0.2, 0) is 26.7 Å². The van der Waals surface area contributed by atoms with Gasteiger partial charge in [-0.05, 0) is 36.6 Å². The largest absolute Gasteiger partial charge is 1.00 e. The fourth-order valence-corrected chi connectivity index (χ4v) is 5.30. The molecule has 0 aliphatic heterocycles. The van der Waals surface area contributed by atoms with E-state index in [1.54, 1.807) is 18.2 Å². The van der Waals surface area contributed by atoms with Gasteiger partial charge < -0.3 is 13.8 Å². The van der Waals surface area contributed by atoms with E-state index >= 15 is 0 Å². The topological polar surface area (TPSA) is 124 Å². The SMILES string of the molecule is CCCCCCCCCCCCc1ccc(S(=O)(=O)[O-])c(Oc2ccccc2)c1S(=O)(=O)[O-].[Na+].[Na+]. The van der Waals surface area contributed by atoms with E-state index < -0.39 is 35.8 Å². The third kappa shape index (κ3) is 12.4. The Bertz CT molecular complexity index is 1090. The first kappa shape index (κ1) is 35.1. The van der Waals surface area contributed by atoms with E-state index in [1.165, 1.54) is 50.3 Å². The van der Waals surface area contributed by atoms with Crippen molar-refractivity contribution >= 4 is 20.2 Å². The molecule has 0 aromatic heterocycles. The van der Waals surface area contributed by atoms with Gasteiger partial charge in [-0.3, -0.25) is 0 Å². The summed E-state index contributed by atoms with van der Waals surface area (Å²) in [5.41, 5.74) is 0.155. The summed E-state index contributed by atoms with van der Waals surface area (Å²) >= 11 is 0. The van der Waals surface area contributed by atoms with E-state index in [0.717, 1.165) is 31.7 Å². The summed E-state index contributed by atoms with van der Waals surface area (Å²) in [5, 5.41) is 0. The van der Waals surface area contributed by atoms with E-state index in [1.807, 2.05) is 0 Å². The van der Waals surface area contributed by atoms with Crippen LogP contribution in [0.25, 0.3) is 0 Å². The van der Waals surface area contributed by atoms with Gasteiger partial charge in [-0.1, -0.05) is 89.0 Å². The summed E-state index contributed by atoms with van der Waals surface area (Å²) in [4.78, 5) is -1.65. The van der Waals surface area contributed by atoms with Gasteiger partial charge in [-0.15, -0.1) is 0 Å².